The van der Waals surface area contributed by atoms with E-state index in [0.29, 0.717) is 29.6 Å². The second-order valence-electron chi connectivity index (χ2n) is 9.34. The number of hydrogen-bond acceptors (Lipinski definition) is 4. The average Bonchev–Trinajstić information content (AvgIpc) is 3.40. The van der Waals surface area contributed by atoms with Gasteiger partial charge in [0.05, 0.1) is 41.9 Å². The molecule has 0 amide bonds. The summed E-state index contributed by atoms with van der Waals surface area (Å²) in [7, 11) is -1.20. The van der Waals surface area contributed by atoms with Crippen LogP contribution >= 0.6 is 11.6 Å². The quantitative estimate of drug-likeness (QED) is 0.115. The highest BCUT2D eigenvalue weighted by atomic mass is 35.5. The molecule has 0 unspecified atom stereocenters. The van der Waals surface area contributed by atoms with Crippen molar-refractivity contribution in [2.75, 3.05) is 13.3 Å². The maximum atomic E-state index is 12.9. The van der Waals surface area contributed by atoms with Crippen molar-refractivity contribution in [2.45, 2.75) is 43.4 Å². The summed E-state index contributed by atoms with van der Waals surface area (Å²) in [5, 5.41) is 0.547. The standard InChI is InChI=1S/C32H32ClFN2O3S/c1-2-17-36-23-35-21-28(36)22-40(38)31-13-4-24(5-14-31)19-29(37)10-6-27-20-26(9-15-32(27)33)25-7-11-30(12-8-25)39-18-3-16-34/h4-15,20-21,23H,2-3,16-19,22H2,1H3/b10-6+/t40-/m0/s1. The topological polar surface area (TPSA) is 61.2 Å². The smallest absolute Gasteiger partial charge is 0.160 e. The van der Waals surface area contributed by atoms with Crippen molar-refractivity contribution < 1.29 is 18.1 Å². The number of rotatable bonds is 14. The normalized spacial score (nSPS) is 12.1. The van der Waals surface area contributed by atoms with Crippen molar-refractivity contribution in [3.63, 3.8) is 0 Å². The van der Waals surface area contributed by atoms with Gasteiger partial charge in [-0.25, -0.2) is 4.98 Å². The Bertz CT molecular complexity index is 1470. The molecular weight excluding hydrogens is 547 g/mol. The van der Waals surface area contributed by atoms with Crippen LogP contribution in [0.2, 0.25) is 5.02 Å². The summed E-state index contributed by atoms with van der Waals surface area (Å²) in [4.78, 5) is 17.6. The highest BCUT2D eigenvalue weighted by Crippen LogP contribution is 2.28. The molecule has 208 valence electrons. The third kappa shape index (κ3) is 8.23. The summed E-state index contributed by atoms with van der Waals surface area (Å²) in [6, 6.07) is 20.6. The molecule has 0 N–H and O–H groups in total. The predicted molar refractivity (Wildman–Crippen MR) is 160 cm³/mol. The molecule has 0 radical (unpaired) electrons. The highest BCUT2D eigenvalue weighted by molar-refractivity contribution is 7.84. The molecule has 0 saturated carbocycles. The third-order valence-electron chi connectivity index (χ3n) is 6.29. The van der Waals surface area contributed by atoms with Gasteiger partial charge < -0.3 is 9.30 Å². The molecule has 5 nitrogen and oxygen atoms in total. The molecule has 3 aromatic carbocycles. The van der Waals surface area contributed by atoms with Crippen molar-refractivity contribution in [3.8, 4) is 16.9 Å². The van der Waals surface area contributed by atoms with E-state index < -0.39 is 17.5 Å². The minimum atomic E-state index is -1.20. The van der Waals surface area contributed by atoms with Crippen LogP contribution in [0.4, 0.5) is 4.39 Å². The van der Waals surface area contributed by atoms with Crippen molar-refractivity contribution in [2.24, 2.45) is 0 Å². The fraction of sp³-hybridized carbons (Fsp3) is 0.250. The summed E-state index contributed by atoms with van der Waals surface area (Å²) < 4.78 is 32.7. The minimum absolute atomic E-state index is 0.0615. The third-order valence-corrected chi connectivity index (χ3v) is 7.99. The van der Waals surface area contributed by atoms with Crippen molar-refractivity contribution >= 4 is 34.3 Å². The van der Waals surface area contributed by atoms with E-state index in [4.69, 9.17) is 16.3 Å². The summed E-state index contributed by atoms with van der Waals surface area (Å²) >= 11 is 6.40. The number of ketones is 1. The van der Waals surface area contributed by atoms with E-state index >= 15 is 0 Å². The monoisotopic (exact) mass is 578 g/mol. The van der Waals surface area contributed by atoms with Crippen LogP contribution in [0.25, 0.3) is 17.2 Å². The van der Waals surface area contributed by atoms with Crippen LogP contribution in [-0.4, -0.2) is 32.8 Å². The molecule has 1 aromatic heterocycles. The second kappa shape index (κ2) is 14.7. The van der Waals surface area contributed by atoms with E-state index in [-0.39, 0.29) is 12.2 Å². The number of benzene rings is 3. The van der Waals surface area contributed by atoms with Gasteiger partial charge in [-0.2, -0.15) is 0 Å². The van der Waals surface area contributed by atoms with Gasteiger partial charge in [-0.05, 0) is 77.2 Å². The number of imidazole rings is 1. The molecule has 0 aliphatic rings. The van der Waals surface area contributed by atoms with Gasteiger partial charge in [0.1, 0.15) is 5.75 Å². The lowest BCUT2D eigenvalue weighted by molar-refractivity contribution is -0.113. The van der Waals surface area contributed by atoms with Gasteiger partial charge in [0, 0.05) is 35.5 Å². The van der Waals surface area contributed by atoms with Crippen LogP contribution in [0, 0.1) is 0 Å². The van der Waals surface area contributed by atoms with Crippen molar-refractivity contribution in [1.29, 1.82) is 0 Å². The molecule has 0 bridgehead atoms. The Kier molecular flexibility index (Phi) is 10.8. The summed E-state index contributed by atoms with van der Waals surface area (Å²) in [5.74, 6) is 1.03. The fourth-order valence-electron chi connectivity index (χ4n) is 4.17. The first kappa shape index (κ1) is 29.4. The molecule has 0 aliphatic carbocycles. The van der Waals surface area contributed by atoms with Gasteiger partial charge in [-0.3, -0.25) is 13.4 Å². The van der Waals surface area contributed by atoms with E-state index in [1.807, 2.05) is 65.2 Å². The lowest BCUT2D eigenvalue weighted by atomic mass is 10.0. The number of carbonyl (C=O) groups is 1. The first-order valence-corrected chi connectivity index (χ1v) is 14.9. The lowest BCUT2D eigenvalue weighted by Gasteiger charge is -2.08. The fourth-order valence-corrected chi connectivity index (χ4v) is 5.47. The van der Waals surface area contributed by atoms with Crippen LogP contribution in [0.3, 0.4) is 0 Å². The van der Waals surface area contributed by atoms with E-state index in [1.165, 1.54) is 6.08 Å². The van der Waals surface area contributed by atoms with Crippen LogP contribution in [0.5, 0.6) is 5.75 Å². The maximum absolute atomic E-state index is 12.9. The highest BCUT2D eigenvalue weighted by Gasteiger charge is 2.10. The maximum Gasteiger partial charge on any atom is 0.160 e. The summed E-state index contributed by atoms with van der Waals surface area (Å²) in [5.41, 5.74) is 4.46. The van der Waals surface area contributed by atoms with Gasteiger partial charge in [0.2, 0.25) is 0 Å². The zero-order valence-electron chi connectivity index (χ0n) is 22.4. The number of nitrogens with zero attached hydrogens (tertiary/aromatic N) is 2. The largest absolute Gasteiger partial charge is 0.493 e. The van der Waals surface area contributed by atoms with Crippen molar-refractivity contribution in [1.82, 2.24) is 9.55 Å². The number of aryl methyl sites for hydroxylation is 1. The van der Waals surface area contributed by atoms with Gasteiger partial charge in [-0.1, -0.05) is 48.9 Å². The average molecular weight is 579 g/mol. The zero-order valence-corrected chi connectivity index (χ0v) is 24.0. The number of allylic oxidation sites excluding steroid dienone is 1. The molecule has 0 spiro atoms. The van der Waals surface area contributed by atoms with Gasteiger partial charge in [0.25, 0.3) is 0 Å². The molecule has 0 aliphatic heterocycles. The Labute approximate surface area is 242 Å². The number of ether oxygens (including phenoxy) is 1. The van der Waals surface area contributed by atoms with Crippen LogP contribution in [-0.2, 0) is 34.3 Å². The molecule has 4 aromatic rings. The van der Waals surface area contributed by atoms with Crippen LogP contribution in [0.1, 0.15) is 36.6 Å². The van der Waals surface area contributed by atoms with Gasteiger partial charge in [0.15, 0.2) is 5.78 Å². The van der Waals surface area contributed by atoms with E-state index in [0.717, 1.165) is 45.8 Å². The summed E-state index contributed by atoms with van der Waals surface area (Å²) in [6.45, 7) is 2.89. The molecule has 4 rings (SSSR count). The number of alkyl halides is 1. The van der Waals surface area contributed by atoms with Gasteiger partial charge >= 0.3 is 0 Å². The van der Waals surface area contributed by atoms with E-state index in [1.54, 1.807) is 24.7 Å². The number of aromatic nitrogens is 2. The lowest BCUT2D eigenvalue weighted by Crippen LogP contribution is -2.05. The molecule has 1 heterocycles. The Morgan fingerprint density at radius 1 is 1.07 bits per heavy atom. The molecule has 40 heavy (non-hydrogen) atoms. The first-order valence-electron chi connectivity index (χ1n) is 13.2. The molecule has 1 atom stereocenters. The SMILES string of the molecule is CCCn1cncc1C[S@](=O)c1ccc(CC(=O)/C=C/c2cc(-c3ccc(OCCCF)cc3)ccc2Cl)cc1. The van der Waals surface area contributed by atoms with Crippen molar-refractivity contribution in [3.05, 3.63) is 107 Å². The Morgan fingerprint density at radius 2 is 1.82 bits per heavy atom. The zero-order chi connectivity index (χ0) is 28.3. The molecule has 8 heteroatoms. The van der Waals surface area contributed by atoms with Crippen LogP contribution in [0.15, 0.2) is 90.2 Å². The van der Waals surface area contributed by atoms with E-state index in [9.17, 15) is 13.4 Å². The summed E-state index contributed by atoms with van der Waals surface area (Å²) in [6.07, 6.45) is 8.38. The van der Waals surface area contributed by atoms with E-state index in [2.05, 4.69) is 11.9 Å². The number of carbonyl (C=O) groups excluding carboxylic acids is 1. The first-order chi connectivity index (χ1) is 19.5. The minimum Gasteiger partial charge on any atom is -0.493 e. The predicted octanol–water partition coefficient (Wildman–Crippen LogP) is 7.48. The molecule has 0 fully saturated rings. The number of halogens is 2. The Hall–Kier alpha value is -3.55. The Morgan fingerprint density at radius 3 is 2.55 bits per heavy atom. The Balaban J connectivity index is 1.35. The number of hydrogen-bond donors (Lipinski definition) is 0. The van der Waals surface area contributed by atoms with Crippen LogP contribution < -0.4 is 4.74 Å². The molecular formula is C32H32ClFN2O3S. The van der Waals surface area contributed by atoms with Gasteiger partial charge in [-0.15, -0.1) is 0 Å². The second-order valence-corrected chi connectivity index (χ2v) is 11.2. The molecule has 0 saturated heterocycles.